The van der Waals surface area contributed by atoms with Crippen molar-refractivity contribution in [2.24, 2.45) is 0 Å². The number of carbonyl (C=O) groups is 1. The van der Waals surface area contributed by atoms with Gasteiger partial charge in [0.1, 0.15) is 5.75 Å². The number of rotatable bonds is 6. The first kappa shape index (κ1) is 20.9. The standard InChI is InChI=1S/C23H35N3O2/c1-28-22-11-9-21(10-12-22)8-6-15-24-16-7-17-26(19-18-24)23(27)20-25-13-4-2-3-5-14-25/h6,8-12H,2-5,7,13-20H2,1H3. The average molecular weight is 386 g/mol. The van der Waals surface area contributed by atoms with Crippen molar-refractivity contribution in [3.05, 3.63) is 35.9 Å². The van der Waals surface area contributed by atoms with Gasteiger partial charge < -0.3 is 9.64 Å². The van der Waals surface area contributed by atoms with Crippen LogP contribution in [0.5, 0.6) is 5.75 Å². The quantitative estimate of drug-likeness (QED) is 0.754. The maximum atomic E-state index is 12.7. The van der Waals surface area contributed by atoms with E-state index in [2.05, 4.69) is 39.0 Å². The lowest BCUT2D eigenvalue weighted by atomic mass is 10.2. The highest BCUT2D eigenvalue weighted by atomic mass is 16.5. The predicted molar refractivity (Wildman–Crippen MR) is 115 cm³/mol. The average Bonchev–Trinajstić information content (AvgIpc) is 3.11. The normalized spacial score (nSPS) is 20.1. The number of ether oxygens (including phenoxy) is 1. The Morgan fingerprint density at radius 2 is 1.61 bits per heavy atom. The van der Waals surface area contributed by atoms with Crippen LogP contribution < -0.4 is 4.74 Å². The molecule has 0 N–H and O–H groups in total. The number of hydrogen-bond donors (Lipinski definition) is 0. The molecule has 0 spiro atoms. The molecule has 0 unspecified atom stereocenters. The topological polar surface area (TPSA) is 36.0 Å². The summed E-state index contributed by atoms with van der Waals surface area (Å²) >= 11 is 0. The van der Waals surface area contributed by atoms with Crippen molar-refractivity contribution < 1.29 is 9.53 Å². The zero-order valence-corrected chi connectivity index (χ0v) is 17.3. The van der Waals surface area contributed by atoms with E-state index in [1.165, 1.54) is 31.2 Å². The molecule has 5 nitrogen and oxygen atoms in total. The van der Waals surface area contributed by atoms with Gasteiger partial charge in [0, 0.05) is 32.7 Å². The van der Waals surface area contributed by atoms with Crippen LogP contribution in [0.4, 0.5) is 0 Å². The molecule has 0 atom stereocenters. The molecule has 2 fully saturated rings. The van der Waals surface area contributed by atoms with Crippen LogP contribution in [-0.4, -0.2) is 80.1 Å². The third-order valence-corrected chi connectivity index (χ3v) is 5.79. The Hall–Kier alpha value is -1.85. The van der Waals surface area contributed by atoms with E-state index in [1.54, 1.807) is 7.11 Å². The minimum atomic E-state index is 0.317. The van der Waals surface area contributed by atoms with E-state index in [1.807, 2.05) is 12.1 Å². The van der Waals surface area contributed by atoms with Gasteiger partial charge in [-0.1, -0.05) is 37.1 Å². The largest absolute Gasteiger partial charge is 0.497 e. The van der Waals surface area contributed by atoms with Gasteiger partial charge in [-0.2, -0.15) is 0 Å². The minimum absolute atomic E-state index is 0.317. The van der Waals surface area contributed by atoms with Crippen molar-refractivity contribution in [2.75, 3.05) is 59.5 Å². The molecule has 0 aliphatic carbocycles. The van der Waals surface area contributed by atoms with E-state index in [0.29, 0.717) is 12.5 Å². The summed E-state index contributed by atoms with van der Waals surface area (Å²) in [5.74, 6) is 1.20. The van der Waals surface area contributed by atoms with Crippen LogP contribution in [-0.2, 0) is 4.79 Å². The van der Waals surface area contributed by atoms with E-state index in [9.17, 15) is 4.79 Å². The summed E-state index contributed by atoms with van der Waals surface area (Å²) in [5, 5.41) is 0. The second-order valence-corrected chi connectivity index (χ2v) is 7.90. The molecule has 0 bridgehead atoms. The molecule has 1 amide bonds. The van der Waals surface area contributed by atoms with Crippen LogP contribution in [0.15, 0.2) is 30.3 Å². The number of nitrogens with zero attached hydrogens (tertiary/aromatic N) is 3. The highest BCUT2D eigenvalue weighted by Gasteiger charge is 2.21. The van der Waals surface area contributed by atoms with Crippen molar-refractivity contribution in [1.29, 1.82) is 0 Å². The van der Waals surface area contributed by atoms with Gasteiger partial charge in [-0.15, -0.1) is 0 Å². The number of amides is 1. The minimum Gasteiger partial charge on any atom is -0.497 e. The molecule has 2 saturated heterocycles. The smallest absolute Gasteiger partial charge is 0.236 e. The van der Waals surface area contributed by atoms with Crippen LogP contribution in [0.3, 0.4) is 0 Å². The maximum absolute atomic E-state index is 12.7. The van der Waals surface area contributed by atoms with E-state index in [-0.39, 0.29) is 0 Å². The third-order valence-electron chi connectivity index (χ3n) is 5.79. The van der Waals surface area contributed by atoms with Gasteiger partial charge in [0.15, 0.2) is 0 Å². The first-order valence-corrected chi connectivity index (χ1v) is 10.8. The highest BCUT2D eigenvalue weighted by molar-refractivity contribution is 5.78. The van der Waals surface area contributed by atoms with E-state index in [0.717, 1.165) is 58.0 Å². The van der Waals surface area contributed by atoms with Gasteiger partial charge in [-0.05, 0) is 50.0 Å². The van der Waals surface area contributed by atoms with Gasteiger partial charge in [0.25, 0.3) is 0 Å². The lowest BCUT2D eigenvalue weighted by Crippen LogP contribution is -2.42. The fourth-order valence-electron chi connectivity index (χ4n) is 4.04. The number of benzene rings is 1. The number of likely N-dealkylation sites (tertiary alicyclic amines) is 1. The molecule has 2 aliphatic heterocycles. The summed E-state index contributed by atoms with van der Waals surface area (Å²) in [6, 6.07) is 8.11. The van der Waals surface area contributed by atoms with Crippen LogP contribution in [0.1, 0.15) is 37.7 Å². The fraction of sp³-hybridized carbons (Fsp3) is 0.609. The number of hydrogen-bond acceptors (Lipinski definition) is 4. The maximum Gasteiger partial charge on any atom is 0.236 e. The summed E-state index contributed by atoms with van der Waals surface area (Å²) in [6.45, 7) is 7.47. The van der Waals surface area contributed by atoms with Gasteiger partial charge in [0.05, 0.1) is 13.7 Å². The molecule has 2 aliphatic rings. The molecule has 28 heavy (non-hydrogen) atoms. The Balaban J connectivity index is 1.42. The molecule has 5 heteroatoms. The fourth-order valence-corrected chi connectivity index (χ4v) is 4.04. The SMILES string of the molecule is COc1ccc(C=CCN2CCCN(C(=O)CN3CCCCCC3)CC2)cc1. The Morgan fingerprint density at radius 3 is 2.32 bits per heavy atom. The van der Waals surface area contributed by atoms with Crippen molar-refractivity contribution in [1.82, 2.24) is 14.7 Å². The molecule has 0 radical (unpaired) electrons. The molecule has 1 aromatic rings. The molecule has 3 rings (SSSR count). The zero-order chi connectivity index (χ0) is 19.6. The van der Waals surface area contributed by atoms with Crippen molar-refractivity contribution in [2.45, 2.75) is 32.1 Å². The summed E-state index contributed by atoms with van der Waals surface area (Å²) in [6.07, 6.45) is 10.5. The van der Waals surface area contributed by atoms with Gasteiger partial charge in [0.2, 0.25) is 5.91 Å². The monoisotopic (exact) mass is 385 g/mol. The van der Waals surface area contributed by atoms with E-state index >= 15 is 0 Å². The Kier molecular flexibility index (Phi) is 8.37. The summed E-state index contributed by atoms with van der Waals surface area (Å²) in [5.41, 5.74) is 1.19. The summed E-state index contributed by atoms with van der Waals surface area (Å²) < 4.78 is 5.20. The highest BCUT2D eigenvalue weighted by Crippen LogP contribution is 2.13. The van der Waals surface area contributed by atoms with Gasteiger partial charge >= 0.3 is 0 Å². The van der Waals surface area contributed by atoms with Gasteiger partial charge in [-0.25, -0.2) is 0 Å². The van der Waals surface area contributed by atoms with Crippen LogP contribution in [0, 0.1) is 0 Å². The second kappa shape index (κ2) is 11.2. The van der Waals surface area contributed by atoms with E-state index < -0.39 is 0 Å². The molecule has 0 saturated carbocycles. The summed E-state index contributed by atoms with van der Waals surface area (Å²) in [7, 11) is 1.69. The second-order valence-electron chi connectivity index (χ2n) is 7.90. The summed E-state index contributed by atoms with van der Waals surface area (Å²) in [4.78, 5) is 19.6. The van der Waals surface area contributed by atoms with E-state index in [4.69, 9.17) is 4.74 Å². The molecule has 1 aromatic carbocycles. The Morgan fingerprint density at radius 1 is 0.893 bits per heavy atom. The number of carbonyl (C=O) groups excluding carboxylic acids is 1. The van der Waals surface area contributed by atoms with Crippen molar-refractivity contribution in [3.8, 4) is 5.75 Å². The Bertz CT molecular complexity index is 621. The zero-order valence-electron chi connectivity index (χ0n) is 17.3. The first-order chi connectivity index (χ1) is 13.7. The third kappa shape index (κ3) is 6.64. The Labute approximate surface area is 169 Å². The molecule has 0 aromatic heterocycles. The van der Waals surface area contributed by atoms with Gasteiger partial charge in [-0.3, -0.25) is 14.6 Å². The first-order valence-electron chi connectivity index (χ1n) is 10.8. The van der Waals surface area contributed by atoms with Crippen molar-refractivity contribution in [3.63, 3.8) is 0 Å². The van der Waals surface area contributed by atoms with Crippen LogP contribution in [0.2, 0.25) is 0 Å². The lowest BCUT2D eigenvalue weighted by Gasteiger charge is -2.25. The molecule has 154 valence electrons. The molecule has 2 heterocycles. The van der Waals surface area contributed by atoms with Crippen LogP contribution in [0.25, 0.3) is 6.08 Å². The lowest BCUT2D eigenvalue weighted by molar-refractivity contribution is -0.132. The predicted octanol–water partition coefficient (Wildman–Crippen LogP) is 3.12. The van der Waals surface area contributed by atoms with Crippen LogP contribution >= 0.6 is 0 Å². The van der Waals surface area contributed by atoms with Crippen molar-refractivity contribution >= 4 is 12.0 Å². The molecular weight excluding hydrogens is 350 g/mol. The number of methoxy groups -OCH3 is 1. The molecular formula is C23H35N3O2.